The van der Waals surface area contributed by atoms with Gasteiger partial charge in [-0.25, -0.2) is 14.8 Å². The van der Waals surface area contributed by atoms with Gasteiger partial charge in [0, 0.05) is 12.2 Å². The Morgan fingerprint density at radius 1 is 1.45 bits per heavy atom. The first kappa shape index (κ1) is 16.4. The van der Waals surface area contributed by atoms with Crippen molar-refractivity contribution in [3.05, 3.63) is 18.0 Å². The molecule has 1 unspecified atom stereocenters. The number of carboxylic acids is 1. The molecule has 0 spiro atoms. The summed E-state index contributed by atoms with van der Waals surface area (Å²) in [6.07, 6.45) is 3.55. The predicted octanol–water partition coefficient (Wildman–Crippen LogP) is 2.10. The number of hydrogen-bond acceptors (Lipinski definition) is 5. The average Bonchev–Trinajstić information content (AvgIpc) is 2.44. The topological polar surface area (TPSA) is 78.4 Å². The van der Waals surface area contributed by atoms with Crippen LogP contribution in [0.3, 0.4) is 0 Å². The van der Waals surface area contributed by atoms with Gasteiger partial charge in [0.05, 0.1) is 0 Å². The number of anilines is 1. The first-order chi connectivity index (χ1) is 9.56. The van der Waals surface area contributed by atoms with E-state index in [0.29, 0.717) is 5.95 Å². The molecule has 1 aromatic heterocycles. The maximum absolute atomic E-state index is 10.8. The monoisotopic (exact) mass is 280 g/mol. The van der Waals surface area contributed by atoms with Crippen molar-refractivity contribution in [3.8, 4) is 0 Å². The number of nitrogens with one attached hydrogen (secondary N) is 1. The number of hydrogen-bond donors (Lipinski definition) is 2. The maximum atomic E-state index is 10.8. The lowest BCUT2D eigenvalue weighted by Crippen LogP contribution is -2.26. The van der Waals surface area contributed by atoms with Crippen molar-refractivity contribution in [1.29, 1.82) is 0 Å². The zero-order chi connectivity index (χ0) is 15.0. The Kier molecular flexibility index (Phi) is 6.93. The molecule has 0 aliphatic carbocycles. The number of carboxylic acid groups (broad SMARTS) is 1. The van der Waals surface area contributed by atoms with Crippen molar-refractivity contribution in [1.82, 2.24) is 14.9 Å². The third-order valence-electron chi connectivity index (χ3n) is 3.26. The third kappa shape index (κ3) is 5.52. The van der Waals surface area contributed by atoms with Crippen molar-refractivity contribution < 1.29 is 9.90 Å². The fraction of sp³-hybridized carbons (Fsp3) is 0.643. The molecule has 20 heavy (non-hydrogen) atoms. The number of carbonyl (C=O) groups is 1. The first-order valence-electron chi connectivity index (χ1n) is 7.12. The van der Waals surface area contributed by atoms with Crippen molar-refractivity contribution in [2.24, 2.45) is 0 Å². The molecule has 2 N–H and O–H groups in total. The molecule has 0 aliphatic heterocycles. The fourth-order valence-corrected chi connectivity index (χ4v) is 2.00. The molecule has 0 fully saturated rings. The molecule has 0 saturated heterocycles. The van der Waals surface area contributed by atoms with Gasteiger partial charge >= 0.3 is 5.97 Å². The maximum Gasteiger partial charge on any atom is 0.354 e. The SMILES string of the molecule is CCN(CC)CCCC(C)Nc1nccc(C(=O)O)n1. The van der Waals surface area contributed by atoms with Gasteiger partial charge in [-0.1, -0.05) is 13.8 Å². The van der Waals surface area contributed by atoms with E-state index in [0.717, 1.165) is 32.5 Å². The second-order valence-electron chi connectivity index (χ2n) is 4.79. The van der Waals surface area contributed by atoms with E-state index < -0.39 is 5.97 Å². The van der Waals surface area contributed by atoms with Crippen molar-refractivity contribution in [3.63, 3.8) is 0 Å². The highest BCUT2D eigenvalue weighted by Gasteiger charge is 2.09. The normalized spacial score (nSPS) is 12.4. The summed E-state index contributed by atoms with van der Waals surface area (Å²) >= 11 is 0. The Morgan fingerprint density at radius 3 is 2.75 bits per heavy atom. The van der Waals surface area contributed by atoms with Crippen LogP contribution in [-0.4, -0.2) is 51.6 Å². The van der Waals surface area contributed by atoms with Gasteiger partial charge in [-0.2, -0.15) is 0 Å². The first-order valence-corrected chi connectivity index (χ1v) is 7.12. The van der Waals surface area contributed by atoms with Crippen LogP contribution in [0.5, 0.6) is 0 Å². The highest BCUT2D eigenvalue weighted by atomic mass is 16.4. The molecular formula is C14H24N4O2. The molecule has 0 aromatic carbocycles. The van der Waals surface area contributed by atoms with Gasteiger partial charge in [-0.15, -0.1) is 0 Å². The van der Waals surface area contributed by atoms with Crippen LogP contribution in [0, 0.1) is 0 Å². The largest absolute Gasteiger partial charge is 0.477 e. The number of aromatic nitrogens is 2. The van der Waals surface area contributed by atoms with Crippen molar-refractivity contribution in [2.75, 3.05) is 25.0 Å². The predicted molar refractivity (Wildman–Crippen MR) is 79.1 cm³/mol. The van der Waals surface area contributed by atoms with Gasteiger partial charge in [-0.3, -0.25) is 0 Å². The molecular weight excluding hydrogens is 256 g/mol. The molecule has 1 rings (SSSR count). The standard InChI is InChI=1S/C14H24N4O2/c1-4-18(5-2)10-6-7-11(3)16-14-15-9-8-12(17-14)13(19)20/h8-9,11H,4-7,10H2,1-3H3,(H,19,20)(H,15,16,17). The summed E-state index contributed by atoms with van der Waals surface area (Å²) in [6, 6.07) is 1.60. The summed E-state index contributed by atoms with van der Waals surface area (Å²) in [5.41, 5.74) is 0.0119. The molecule has 1 heterocycles. The molecule has 1 aromatic rings. The third-order valence-corrected chi connectivity index (χ3v) is 3.26. The van der Waals surface area contributed by atoms with Gasteiger partial charge in [0.15, 0.2) is 5.69 Å². The van der Waals surface area contributed by atoms with Crippen LogP contribution in [0.2, 0.25) is 0 Å². The highest BCUT2D eigenvalue weighted by Crippen LogP contribution is 2.07. The summed E-state index contributed by atoms with van der Waals surface area (Å²) in [5, 5.41) is 12.0. The fourth-order valence-electron chi connectivity index (χ4n) is 2.00. The van der Waals surface area contributed by atoms with E-state index >= 15 is 0 Å². The van der Waals surface area contributed by atoms with E-state index in [1.165, 1.54) is 12.3 Å². The smallest absolute Gasteiger partial charge is 0.354 e. The zero-order valence-electron chi connectivity index (χ0n) is 12.5. The van der Waals surface area contributed by atoms with E-state index in [2.05, 4.69) is 41.0 Å². The molecule has 0 bridgehead atoms. The van der Waals surface area contributed by atoms with Crippen LogP contribution in [-0.2, 0) is 0 Å². The van der Waals surface area contributed by atoms with Crippen LogP contribution >= 0.6 is 0 Å². The van der Waals surface area contributed by atoms with Crippen LogP contribution in [0.25, 0.3) is 0 Å². The van der Waals surface area contributed by atoms with Crippen molar-refractivity contribution in [2.45, 2.75) is 39.7 Å². The second kappa shape index (κ2) is 8.47. The number of rotatable bonds is 9. The van der Waals surface area contributed by atoms with Gasteiger partial charge < -0.3 is 15.3 Å². The van der Waals surface area contributed by atoms with E-state index in [1.54, 1.807) is 0 Å². The molecule has 1 atom stereocenters. The zero-order valence-corrected chi connectivity index (χ0v) is 12.5. The molecule has 6 nitrogen and oxygen atoms in total. The van der Waals surface area contributed by atoms with Crippen LogP contribution in [0.1, 0.15) is 44.1 Å². The van der Waals surface area contributed by atoms with Crippen LogP contribution in [0.15, 0.2) is 12.3 Å². The number of nitrogens with zero attached hydrogens (tertiary/aromatic N) is 3. The minimum atomic E-state index is -1.04. The summed E-state index contributed by atoms with van der Waals surface area (Å²) in [4.78, 5) is 21.2. The van der Waals surface area contributed by atoms with Gasteiger partial charge in [0.25, 0.3) is 0 Å². The van der Waals surface area contributed by atoms with E-state index in [9.17, 15) is 4.79 Å². The van der Waals surface area contributed by atoms with Crippen LogP contribution in [0.4, 0.5) is 5.95 Å². The molecule has 0 radical (unpaired) electrons. The highest BCUT2D eigenvalue weighted by molar-refractivity contribution is 5.85. The molecule has 6 heteroatoms. The lowest BCUT2D eigenvalue weighted by molar-refractivity contribution is 0.0690. The lowest BCUT2D eigenvalue weighted by Gasteiger charge is -2.19. The van der Waals surface area contributed by atoms with E-state index in [-0.39, 0.29) is 11.7 Å². The minimum Gasteiger partial charge on any atom is -0.477 e. The summed E-state index contributed by atoms with van der Waals surface area (Å²) in [7, 11) is 0. The second-order valence-corrected chi connectivity index (χ2v) is 4.79. The van der Waals surface area contributed by atoms with Gasteiger partial charge in [0.2, 0.25) is 5.95 Å². The Hall–Kier alpha value is -1.69. The Bertz CT molecular complexity index is 421. The number of aromatic carboxylic acids is 1. The quantitative estimate of drug-likeness (QED) is 0.721. The van der Waals surface area contributed by atoms with Crippen LogP contribution < -0.4 is 5.32 Å². The minimum absolute atomic E-state index is 0.0119. The Morgan fingerprint density at radius 2 is 2.15 bits per heavy atom. The van der Waals surface area contributed by atoms with E-state index in [4.69, 9.17) is 5.11 Å². The Labute approximate surface area is 120 Å². The van der Waals surface area contributed by atoms with Gasteiger partial charge in [0.1, 0.15) is 0 Å². The Balaban J connectivity index is 2.40. The summed E-state index contributed by atoms with van der Waals surface area (Å²) in [5.74, 6) is -0.662. The van der Waals surface area contributed by atoms with E-state index in [1.807, 2.05) is 0 Å². The summed E-state index contributed by atoms with van der Waals surface area (Å²) in [6.45, 7) is 9.60. The lowest BCUT2D eigenvalue weighted by atomic mass is 10.2. The molecule has 0 aliphatic rings. The van der Waals surface area contributed by atoms with Crippen molar-refractivity contribution >= 4 is 11.9 Å². The molecule has 112 valence electrons. The average molecular weight is 280 g/mol. The molecule has 0 amide bonds. The molecule has 0 saturated carbocycles. The van der Waals surface area contributed by atoms with Gasteiger partial charge in [-0.05, 0) is 45.5 Å². The summed E-state index contributed by atoms with van der Waals surface area (Å²) < 4.78 is 0.